The van der Waals surface area contributed by atoms with E-state index in [9.17, 15) is 0 Å². The molecule has 0 amide bonds. The van der Waals surface area contributed by atoms with E-state index in [4.69, 9.17) is 4.74 Å². The first-order chi connectivity index (χ1) is 9.42. The van der Waals surface area contributed by atoms with Gasteiger partial charge in [0.25, 0.3) is 0 Å². The quantitative estimate of drug-likeness (QED) is 0.905. The van der Waals surface area contributed by atoms with Gasteiger partial charge in [0, 0.05) is 24.0 Å². The molecule has 0 aliphatic carbocycles. The van der Waals surface area contributed by atoms with Crippen LogP contribution in [0.3, 0.4) is 0 Å². The summed E-state index contributed by atoms with van der Waals surface area (Å²) in [6, 6.07) is 5.74. The van der Waals surface area contributed by atoms with Crippen LogP contribution in [-0.2, 0) is 0 Å². The molecule has 5 nitrogen and oxygen atoms in total. The summed E-state index contributed by atoms with van der Waals surface area (Å²) in [7, 11) is 0. The summed E-state index contributed by atoms with van der Waals surface area (Å²) in [5.74, 6) is 0.640. The Kier molecular flexibility index (Phi) is 3.65. The van der Waals surface area contributed by atoms with Crippen molar-refractivity contribution in [3.8, 4) is 17.1 Å². The first-order valence-corrected chi connectivity index (χ1v) is 6.51. The van der Waals surface area contributed by atoms with E-state index >= 15 is 0 Å². The third kappa shape index (κ3) is 3.06. The molecule has 3 rings (SSSR count). The van der Waals surface area contributed by atoms with Crippen LogP contribution in [0.5, 0.6) is 5.88 Å². The summed E-state index contributed by atoms with van der Waals surface area (Å²) >= 11 is 0. The van der Waals surface area contributed by atoms with E-state index in [0.29, 0.717) is 5.88 Å². The van der Waals surface area contributed by atoms with Crippen LogP contribution >= 0.6 is 0 Å². The van der Waals surface area contributed by atoms with Crippen molar-refractivity contribution >= 4 is 0 Å². The molecule has 0 bridgehead atoms. The fourth-order valence-corrected chi connectivity index (χ4v) is 2.16. The van der Waals surface area contributed by atoms with Gasteiger partial charge in [-0.2, -0.15) is 0 Å². The van der Waals surface area contributed by atoms with Gasteiger partial charge in [0.15, 0.2) is 0 Å². The lowest BCUT2D eigenvalue weighted by atomic mass is 10.1. The highest BCUT2D eigenvalue weighted by atomic mass is 16.5. The van der Waals surface area contributed by atoms with E-state index in [2.05, 4.69) is 20.3 Å². The molecular weight excluding hydrogens is 240 g/mol. The Labute approximate surface area is 112 Å². The van der Waals surface area contributed by atoms with Crippen LogP contribution < -0.4 is 10.1 Å². The van der Waals surface area contributed by atoms with Crippen LogP contribution in [0.15, 0.2) is 36.9 Å². The molecule has 0 aromatic carbocycles. The lowest BCUT2D eigenvalue weighted by molar-refractivity contribution is 0.156. The molecule has 0 spiro atoms. The van der Waals surface area contributed by atoms with Gasteiger partial charge in [-0.15, -0.1) is 0 Å². The predicted octanol–water partition coefficient (Wildman–Crippen LogP) is 1.67. The number of piperidine rings is 1. The van der Waals surface area contributed by atoms with Crippen LogP contribution in [-0.4, -0.2) is 34.1 Å². The molecule has 1 N–H and O–H groups in total. The number of nitrogens with one attached hydrogen (secondary N) is 1. The molecule has 0 saturated carbocycles. The zero-order valence-electron chi connectivity index (χ0n) is 10.6. The highest BCUT2D eigenvalue weighted by Gasteiger charge is 2.15. The average Bonchev–Trinajstić information content (AvgIpc) is 2.49. The number of hydrogen-bond acceptors (Lipinski definition) is 5. The van der Waals surface area contributed by atoms with Crippen LogP contribution in [0.1, 0.15) is 12.8 Å². The van der Waals surface area contributed by atoms with Crippen molar-refractivity contribution in [2.45, 2.75) is 18.9 Å². The monoisotopic (exact) mass is 256 g/mol. The van der Waals surface area contributed by atoms with Crippen molar-refractivity contribution in [2.24, 2.45) is 0 Å². The Hall–Kier alpha value is -2.01. The SMILES string of the molecule is c1cncc(-c2cc(OC3CCNCC3)ncn2)c1. The predicted molar refractivity (Wildman–Crippen MR) is 71.8 cm³/mol. The molecule has 0 unspecified atom stereocenters. The van der Waals surface area contributed by atoms with Gasteiger partial charge in [-0.1, -0.05) is 0 Å². The van der Waals surface area contributed by atoms with Gasteiger partial charge in [-0.25, -0.2) is 9.97 Å². The molecule has 3 heterocycles. The second-order valence-electron chi connectivity index (χ2n) is 4.55. The van der Waals surface area contributed by atoms with Crippen LogP contribution in [0.4, 0.5) is 0 Å². The number of rotatable bonds is 3. The summed E-state index contributed by atoms with van der Waals surface area (Å²) < 4.78 is 5.91. The maximum atomic E-state index is 5.91. The fraction of sp³-hybridized carbons (Fsp3) is 0.357. The molecule has 1 fully saturated rings. The molecule has 5 heteroatoms. The molecular formula is C14H16N4O. The molecule has 1 aliphatic heterocycles. The Bertz CT molecular complexity index is 526. The smallest absolute Gasteiger partial charge is 0.217 e. The minimum Gasteiger partial charge on any atom is -0.474 e. The largest absolute Gasteiger partial charge is 0.474 e. The number of nitrogens with zero attached hydrogens (tertiary/aromatic N) is 3. The minimum absolute atomic E-state index is 0.248. The van der Waals surface area contributed by atoms with Gasteiger partial charge in [0.1, 0.15) is 12.4 Å². The molecule has 0 atom stereocenters. The van der Waals surface area contributed by atoms with Gasteiger partial charge in [-0.05, 0) is 38.1 Å². The van der Waals surface area contributed by atoms with Crippen molar-refractivity contribution in [3.63, 3.8) is 0 Å². The average molecular weight is 256 g/mol. The number of aromatic nitrogens is 3. The Balaban J connectivity index is 1.76. The molecule has 0 radical (unpaired) electrons. The third-order valence-corrected chi connectivity index (χ3v) is 3.17. The number of hydrogen-bond donors (Lipinski definition) is 1. The topological polar surface area (TPSA) is 59.9 Å². The first-order valence-electron chi connectivity index (χ1n) is 6.51. The first kappa shape index (κ1) is 12.0. The van der Waals surface area contributed by atoms with Gasteiger partial charge in [0.05, 0.1) is 5.69 Å². The van der Waals surface area contributed by atoms with E-state index in [1.54, 1.807) is 18.7 Å². The molecule has 2 aromatic rings. The van der Waals surface area contributed by atoms with E-state index < -0.39 is 0 Å². The zero-order chi connectivity index (χ0) is 12.9. The Morgan fingerprint density at radius 3 is 2.89 bits per heavy atom. The highest BCUT2D eigenvalue weighted by Crippen LogP contribution is 2.20. The van der Waals surface area contributed by atoms with Crippen molar-refractivity contribution in [1.82, 2.24) is 20.3 Å². The lowest BCUT2D eigenvalue weighted by Crippen LogP contribution is -2.34. The molecule has 1 aliphatic rings. The van der Waals surface area contributed by atoms with Crippen molar-refractivity contribution < 1.29 is 4.74 Å². The Morgan fingerprint density at radius 2 is 2.11 bits per heavy atom. The summed E-state index contributed by atoms with van der Waals surface area (Å²) in [6.07, 6.45) is 7.36. The van der Waals surface area contributed by atoms with Crippen LogP contribution in [0.2, 0.25) is 0 Å². The second kappa shape index (κ2) is 5.75. The highest BCUT2D eigenvalue weighted by molar-refractivity contribution is 5.58. The summed E-state index contributed by atoms with van der Waals surface area (Å²) in [5.41, 5.74) is 1.81. The summed E-state index contributed by atoms with van der Waals surface area (Å²) in [5, 5.41) is 3.32. The van der Waals surface area contributed by atoms with Gasteiger partial charge >= 0.3 is 0 Å². The van der Waals surface area contributed by atoms with Crippen molar-refractivity contribution in [2.75, 3.05) is 13.1 Å². The van der Waals surface area contributed by atoms with Crippen molar-refractivity contribution in [3.05, 3.63) is 36.9 Å². The van der Waals surface area contributed by atoms with Crippen LogP contribution in [0.25, 0.3) is 11.3 Å². The fourth-order valence-electron chi connectivity index (χ4n) is 2.16. The lowest BCUT2D eigenvalue weighted by Gasteiger charge is -2.23. The van der Waals surface area contributed by atoms with Crippen molar-refractivity contribution in [1.29, 1.82) is 0 Å². The minimum atomic E-state index is 0.248. The van der Waals surface area contributed by atoms with E-state index in [0.717, 1.165) is 37.2 Å². The number of pyridine rings is 1. The number of ether oxygens (including phenoxy) is 1. The van der Waals surface area contributed by atoms with Gasteiger partial charge in [0.2, 0.25) is 5.88 Å². The van der Waals surface area contributed by atoms with E-state index in [-0.39, 0.29) is 6.10 Å². The molecule has 19 heavy (non-hydrogen) atoms. The molecule has 2 aromatic heterocycles. The maximum Gasteiger partial charge on any atom is 0.217 e. The van der Waals surface area contributed by atoms with Gasteiger partial charge < -0.3 is 10.1 Å². The molecule has 1 saturated heterocycles. The zero-order valence-corrected chi connectivity index (χ0v) is 10.6. The standard InChI is InChI=1S/C14H16N4O/c1-2-11(9-16-5-1)13-8-14(18-10-17-13)19-12-3-6-15-7-4-12/h1-2,5,8-10,12,15H,3-4,6-7H2. The third-order valence-electron chi connectivity index (χ3n) is 3.17. The molecule has 98 valence electrons. The summed E-state index contributed by atoms with van der Waals surface area (Å²) in [4.78, 5) is 12.5. The second-order valence-corrected chi connectivity index (χ2v) is 4.55. The maximum absolute atomic E-state index is 5.91. The summed E-state index contributed by atoms with van der Waals surface area (Å²) in [6.45, 7) is 2.01. The van der Waals surface area contributed by atoms with Crippen LogP contribution in [0, 0.1) is 0 Å². The Morgan fingerprint density at radius 1 is 1.21 bits per heavy atom. The van der Waals surface area contributed by atoms with E-state index in [1.165, 1.54) is 0 Å². The van der Waals surface area contributed by atoms with Gasteiger partial charge in [-0.3, -0.25) is 4.98 Å². The normalized spacial score (nSPS) is 16.2. The van der Waals surface area contributed by atoms with E-state index in [1.807, 2.05) is 18.2 Å².